The van der Waals surface area contributed by atoms with Crippen LogP contribution in [0.2, 0.25) is 15.1 Å². The average Bonchev–Trinajstić information content (AvgIpc) is 2.69. The molecule has 0 unspecified atom stereocenters. The van der Waals surface area contributed by atoms with E-state index in [1.165, 1.54) is 4.31 Å². The van der Waals surface area contributed by atoms with E-state index in [2.05, 4.69) is 5.32 Å². The zero-order valence-electron chi connectivity index (χ0n) is 15.8. The number of halogens is 3. The summed E-state index contributed by atoms with van der Waals surface area (Å²) in [5, 5.41) is 4.01. The molecule has 9 heteroatoms. The van der Waals surface area contributed by atoms with Gasteiger partial charge in [-0.15, -0.1) is 0 Å². The molecule has 156 valence electrons. The quantitative estimate of drug-likeness (QED) is 0.477. The molecule has 0 aromatic heterocycles. The van der Waals surface area contributed by atoms with Crippen LogP contribution in [0.5, 0.6) is 0 Å². The van der Waals surface area contributed by atoms with Crippen LogP contribution in [0.4, 0.5) is 11.4 Å². The van der Waals surface area contributed by atoms with Gasteiger partial charge in [0, 0.05) is 16.3 Å². The number of rotatable bonds is 6. The first-order chi connectivity index (χ1) is 14.1. The summed E-state index contributed by atoms with van der Waals surface area (Å²) in [6.07, 6.45) is 1.13. The van der Waals surface area contributed by atoms with Crippen LogP contribution < -0.4 is 9.62 Å². The molecule has 3 aromatic rings. The van der Waals surface area contributed by atoms with Crippen LogP contribution in [0, 0.1) is 0 Å². The monoisotopic (exact) mass is 482 g/mol. The Morgan fingerprint density at radius 2 is 1.53 bits per heavy atom. The molecule has 0 atom stereocenters. The number of amides is 1. The Morgan fingerprint density at radius 3 is 2.10 bits per heavy atom. The number of benzene rings is 3. The van der Waals surface area contributed by atoms with Crippen LogP contribution in [0.3, 0.4) is 0 Å². The van der Waals surface area contributed by atoms with Crippen molar-refractivity contribution in [2.24, 2.45) is 0 Å². The van der Waals surface area contributed by atoms with Gasteiger partial charge in [0.25, 0.3) is 5.91 Å². The summed E-state index contributed by atoms with van der Waals surface area (Å²) < 4.78 is 25.9. The number of carbonyl (C=O) groups is 1. The Bertz CT molecular complexity index is 1170. The molecule has 0 aliphatic carbocycles. The topological polar surface area (TPSA) is 66.5 Å². The predicted octanol–water partition coefficient (Wildman–Crippen LogP) is 5.87. The van der Waals surface area contributed by atoms with Gasteiger partial charge in [0.05, 0.1) is 28.5 Å². The van der Waals surface area contributed by atoms with Gasteiger partial charge in [0.15, 0.2) is 0 Å². The van der Waals surface area contributed by atoms with Gasteiger partial charge in [0.2, 0.25) is 10.0 Å². The normalized spacial score (nSPS) is 11.2. The molecule has 30 heavy (non-hydrogen) atoms. The maximum atomic E-state index is 12.5. The second kappa shape index (κ2) is 9.27. The summed E-state index contributed by atoms with van der Waals surface area (Å²) in [6, 6.07) is 18.0. The molecule has 5 nitrogen and oxygen atoms in total. The van der Waals surface area contributed by atoms with Crippen molar-refractivity contribution in [2.45, 2.75) is 6.54 Å². The van der Waals surface area contributed by atoms with E-state index in [9.17, 15) is 13.2 Å². The van der Waals surface area contributed by atoms with Gasteiger partial charge in [-0.3, -0.25) is 9.10 Å². The molecule has 0 bridgehead atoms. The summed E-state index contributed by atoms with van der Waals surface area (Å²) >= 11 is 17.7. The highest BCUT2D eigenvalue weighted by Gasteiger charge is 2.18. The highest BCUT2D eigenvalue weighted by molar-refractivity contribution is 7.92. The lowest BCUT2D eigenvalue weighted by Gasteiger charge is -2.23. The Hall–Kier alpha value is -2.25. The third-order valence-electron chi connectivity index (χ3n) is 4.23. The molecular formula is C21H17Cl3N2O3S. The number of nitrogens with zero attached hydrogens (tertiary/aromatic N) is 1. The maximum Gasteiger partial charge on any atom is 0.255 e. The Balaban J connectivity index is 1.79. The molecule has 3 aromatic carbocycles. The first-order valence-electron chi connectivity index (χ1n) is 8.72. The minimum atomic E-state index is -3.54. The number of hydrogen-bond acceptors (Lipinski definition) is 3. The van der Waals surface area contributed by atoms with Crippen LogP contribution in [-0.4, -0.2) is 20.6 Å². The van der Waals surface area contributed by atoms with Gasteiger partial charge in [-0.2, -0.15) is 0 Å². The van der Waals surface area contributed by atoms with E-state index in [-0.39, 0.29) is 12.5 Å². The summed E-state index contributed by atoms with van der Waals surface area (Å²) in [4.78, 5) is 12.5. The standard InChI is InChI=1S/C21H17Cl3N2O3S/c1-30(28,29)26(13-14-2-6-16(22)7-3-14)18-9-4-15(5-10-18)21(27)25-17-8-11-19(23)20(24)12-17/h2-12H,13H2,1H3,(H,25,27). The maximum absolute atomic E-state index is 12.5. The lowest BCUT2D eigenvalue weighted by Crippen LogP contribution is -2.29. The second-order valence-electron chi connectivity index (χ2n) is 6.53. The van der Waals surface area contributed by atoms with Gasteiger partial charge >= 0.3 is 0 Å². The Kier molecular flexibility index (Phi) is 6.93. The number of anilines is 2. The number of carbonyl (C=O) groups excluding carboxylic acids is 1. The van der Waals surface area contributed by atoms with Crippen molar-refractivity contribution in [1.82, 2.24) is 0 Å². The smallest absolute Gasteiger partial charge is 0.255 e. The first-order valence-corrected chi connectivity index (χ1v) is 11.7. The van der Waals surface area contributed by atoms with Gasteiger partial charge in [-0.25, -0.2) is 8.42 Å². The Labute approximate surface area is 190 Å². The van der Waals surface area contributed by atoms with Crippen LogP contribution in [0.15, 0.2) is 66.7 Å². The summed E-state index contributed by atoms with van der Waals surface area (Å²) in [5.41, 5.74) is 2.09. The molecule has 1 amide bonds. The minimum absolute atomic E-state index is 0.144. The van der Waals surface area contributed by atoms with Crippen molar-refractivity contribution in [3.05, 3.63) is 92.9 Å². The van der Waals surface area contributed by atoms with Crippen molar-refractivity contribution in [2.75, 3.05) is 15.9 Å². The van der Waals surface area contributed by atoms with Crippen molar-refractivity contribution in [3.63, 3.8) is 0 Å². The van der Waals surface area contributed by atoms with E-state index in [4.69, 9.17) is 34.8 Å². The second-order valence-corrected chi connectivity index (χ2v) is 9.68. The third-order valence-corrected chi connectivity index (χ3v) is 6.37. The molecule has 0 fully saturated rings. The van der Waals surface area contributed by atoms with Crippen molar-refractivity contribution < 1.29 is 13.2 Å². The predicted molar refractivity (Wildman–Crippen MR) is 123 cm³/mol. The van der Waals surface area contributed by atoms with E-state index in [1.54, 1.807) is 66.7 Å². The van der Waals surface area contributed by atoms with Crippen molar-refractivity contribution in [3.8, 4) is 0 Å². The van der Waals surface area contributed by atoms with E-state index < -0.39 is 10.0 Å². The molecule has 1 N–H and O–H groups in total. The number of sulfonamides is 1. The minimum Gasteiger partial charge on any atom is -0.322 e. The molecule has 0 aliphatic heterocycles. The number of nitrogens with one attached hydrogen (secondary N) is 1. The van der Waals surface area contributed by atoms with Crippen LogP contribution in [-0.2, 0) is 16.6 Å². The molecule has 0 radical (unpaired) electrons. The molecule has 0 aliphatic rings. The molecule has 3 rings (SSSR count). The lowest BCUT2D eigenvalue weighted by atomic mass is 10.1. The van der Waals surface area contributed by atoms with Gasteiger partial charge in [-0.05, 0) is 60.2 Å². The molecule has 0 heterocycles. The van der Waals surface area contributed by atoms with Crippen LogP contribution >= 0.6 is 34.8 Å². The molecule has 0 saturated heterocycles. The van der Waals surface area contributed by atoms with E-state index in [0.717, 1.165) is 11.8 Å². The van der Waals surface area contributed by atoms with Gasteiger partial charge in [-0.1, -0.05) is 46.9 Å². The van der Waals surface area contributed by atoms with Crippen molar-refractivity contribution >= 4 is 62.1 Å². The van der Waals surface area contributed by atoms with Crippen LogP contribution in [0.25, 0.3) is 0 Å². The van der Waals surface area contributed by atoms with Crippen LogP contribution in [0.1, 0.15) is 15.9 Å². The fraction of sp³-hybridized carbons (Fsp3) is 0.0952. The lowest BCUT2D eigenvalue weighted by molar-refractivity contribution is 0.102. The zero-order valence-corrected chi connectivity index (χ0v) is 18.9. The summed E-state index contributed by atoms with van der Waals surface area (Å²) in [6.45, 7) is 0.144. The molecular weight excluding hydrogens is 467 g/mol. The highest BCUT2D eigenvalue weighted by Crippen LogP contribution is 2.26. The van der Waals surface area contributed by atoms with E-state index >= 15 is 0 Å². The van der Waals surface area contributed by atoms with Gasteiger partial charge in [0.1, 0.15) is 0 Å². The van der Waals surface area contributed by atoms with E-state index in [1.807, 2.05) is 0 Å². The zero-order chi connectivity index (χ0) is 21.9. The highest BCUT2D eigenvalue weighted by atomic mass is 35.5. The summed E-state index contributed by atoms with van der Waals surface area (Å²) in [5.74, 6) is -0.358. The first kappa shape index (κ1) is 22.4. The largest absolute Gasteiger partial charge is 0.322 e. The summed E-state index contributed by atoms with van der Waals surface area (Å²) in [7, 11) is -3.54. The number of hydrogen-bond donors (Lipinski definition) is 1. The molecule has 0 spiro atoms. The third kappa shape index (κ3) is 5.67. The fourth-order valence-electron chi connectivity index (χ4n) is 2.71. The fourth-order valence-corrected chi connectivity index (χ4v) is 4.02. The Morgan fingerprint density at radius 1 is 0.900 bits per heavy atom. The molecule has 0 saturated carbocycles. The van der Waals surface area contributed by atoms with Gasteiger partial charge < -0.3 is 5.32 Å². The SMILES string of the molecule is CS(=O)(=O)N(Cc1ccc(Cl)cc1)c1ccc(C(=O)Nc2ccc(Cl)c(Cl)c2)cc1. The van der Waals surface area contributed by atoms with Crippen molar-refractivity contribution in [1.29, 1.82) is 0 Å². The van der Waals surface area contributed by atoms with E-state index in [0.29, 0.717) is 32.0 Å². The average molecular weight is 484 g/mol.